The van der Waals surface area contributed by atoms with E-state index in [1.54, 1.807) is 0 Å². The van der Waals surface area contributed by atoms with E-state index < -0.39 is 0 Å². The zero-order chi connectivity index (χ0) is 10.3. The quantitative estimate of drug-likeness (QED) is 0.600. The van der Waals surface area contributed by atoms with Gasteiger partial charge in [-0.05, 0) is 18.3 Å². The number of rotatable bonds is 7. The van der Waals surface area contributed by atoms with Gasteiger partial charge in [-0.1, -0.05) is 53.4 Å². The third kappa shape index (κ3) is 5.30. The van der Waals surface area contributed by atoms with E-state index in [2.05, 4.69) is 27.7 Å². The number of unbranched alkanes of at least 4 members (excludes halogenated alkanes) is 3. The monoisotopic (exact) mass is 186 g/mol. The first kappa shape index (κ1) is 13.0. The minimum absolute atomic E-state index is 0.103. The van der Waals surface area contributed by atoms with Gasteiger partial charge < -0.3 is 5.11 Å². The summed E-state index contributed by atoms with van der Waals surface area (Å²) in [5.74, 6) is 0. The highest BCUT2D eigenvalue weighted by Crippen LogP contribution is 2.27. The van der Waals surface area contributed by atoms with Crippen LogP contribution < -0.4 is 0 Å². The van der Waals surface area contributed by atoms with Crippen LogP contribution >= 0.6 is 0 Å². The number of hydrogen-bond acceptors (Lipinski definition) is 1. The van der Waals surface area contributed by atoms with Crippen molar-refractivity contribution >= 4 is 0 Å². The van der Waals surface area contributed by atoms with E-state index in [9.17, 15) is 5.11 Å². The van der Waals surface area contributed by atoms with Crippen LogP contribution in [0, 0.1) is 5.41 Å². The summed E-state index contributed by atoms with van der Waals surface area (Å²) in [4.78, 5) is 0. The molecule has 1 heteroatoms. The highest BCUT2D eigenvalue weighted by molar-refractivity contribution is 4.75. The van der Waals surface area contributed by atoms with E-state index >= 15 is 0 Å². The zero-order valence-corrected chi connectivity index (χ0v) is 9.77. The minimum atomic E-state index is -0.116. The molecule has 0 radical (unpaired) electrons. The van der Waals surface area contributed by atoms with Gasteiger partial charge in [-0.2, -0.15) is 0 Å². The van der Waals surface area contributed by atoms with Crippen LogP contribution in [0.15, 0.2) is 0 Å². The Labute approximate surface area is 83.5 Å². The number of aliphatic hydroxyl groups excluding tert-OH is 1. The Balaban J connectivity index is 3.55. The van der Waals surface area contributed by atoms with E-state index in [4.69, 9.17) is 0 Å². The predicted octanol–water partition coefficient (Wildman–Crippen LogP) is 3.75. The average Bonchev–Trinajstić information content (AvgIpc) is 2.12. The van der Waals surface area contributed by atoms with E-state index in [-0.39, 0.29) is 11.5 Å². The summed E-state index contributed by atoms with van der Waals surface area (Å²) in [6.07, 6.45) is 6.94. The summed E-state index contributed by atoms with van der Waals surface area (Å²) in [5.41, 5.74) is 0.103. The Bertz CT molecular complexity index is 118. The summed E-state index contributed by atoms with van der Waals surface area (Å²) in [6, 6.07) is 0. The predicted molar refractivity (Wildman–Crippen MR) is 58.8 cm³/mol. The van der Waals surface area contributed by atoms with Gasteiger partial charge in [-0.3, -0.25) is 0 Å². The molecule has 0 rings (SSSR count). The highest BCUT2D eigenvalue weighted by Gasteiger charge is 2.24. The molecule has 0 saturated heterocycles. The van der Waals surface area contributed by atoms with Crippen LogP contribution in [0.5, 0.6) is 0 Å². The summed E-state index contributed by atoms with van der Waals surface area (Å²) in [7, 11) is 0. The molecule has 1 atom stereocenters. The van der Waals surface area contributed by atoms with Crippen LogP contribution in [-0.4, -0.2) is 11.2 Å². The van der Waals surface area contributed by atoms with Gasteiger partial charge in [0.15, 0.2) is 0 Å². The topological polar surface area (TPSA) is 20.2 Å². The molecule has 0 aliphatic rings. The standard InChI is InChI=1S/C12H26O/c1-5-7-8-9-10-11(13)12(3,4)6-2/h11,13H,5-10H2,1-4H3. The molecule has 0 amide bonds. The largest absolute Gasteiger partial charge is 0.393 e. The average molecular weight is 186 g/mol. The minimum Gasteiger partial charge on any atom is -0.393 e. The SMILES string of the molecule is CCCCCCC(O)C(C)(C)CC. The van der Waals surface area contributed by atoms with Gasteiger partial charge in [-0.15, -0.1) is 0 Å². The van der Waals surface area contributed by atoms with Gasteiger partial charge in [0.1, 0.15) is 0 Å². The summed E-state index contributed by atoms with van der Waals surface area (Å²) in [5, 5.41) is 9.88. The van der Waals surface area contributed by atoms with Gasteiger partial charge in [0.2, 0.25) is 0 Å². The Morgan fingerprint density at radius 3 is 2.15 bits per heavy atom. The van der Waals surface area contributed by atoms with Crippen LogP contribution in [-0.2, 0) is 0 Å². The molecule has 80 valence electrons. The summed E-state index contributed by atoms with van der Waals surface area (Å²) in [6.45, 7) is 8.66. The second-order valence-electron chi connectivity index (χ2n) is 4.71. The lowest BCUT2D eigenvalue weighted by atomic mass is 9.81. The van der Waals surface area contributed by atoms with Gasteiger partial charge in [0.05, 0.1) is 6.10 Å². The van der Waals surface area contributed by atoms with Crippen molar-refractivity contribution in [2.45, 2.75) is 72.3 Å². The van der Waals surface area contributed by atoms with E-state index in [1.807, 2.05) is 0 Å². The Morgan fingerprint density at radius 1 is 1.08 bits per heavy atom. The fraction of sp³-hybridized carbons (Fsp3) is 1.00. The first-order chi connectivity index (χ1) is 6.04. The van der Waals surface area contributed by atoms with Crippen LogP contribution in [0.1, 0.15) is 66.2 Å². The maximum absolute atomic E-state index is 9.88. The van der Waals surface area contributed by atoms with Crippen molar-refractivity contribution in [3.63, 3.8) is 0 Å². The zero-order valence-electron chi connectivity index (χ0n) is 9.77. The molecule has 0 fully saturated rings. The highest BCUT2D eigenvalue weighted by atomic mass is 16.3. The van der Waals surface area contributed by atoms with Crippen LogP contribution in [0.4, 0.5) is 0 Å². The maximum atomic E-state index is 9.88. The molecule has 0 aliphatic carbocycles. The van der Waals surface area contributed by atoms with E-state index in [0.717, 1.165) is 12.8 Å². The Hall–Kier alpha value is -0.0400. The molecule has 0 saturated carbocycles. The molecule has 1 nitrogen and oxygen atoms in total. The Morgan fingerprint density at radius 2 is 1.69 bits per heavy atom. The molecule has 13 heavy (non-hydrogen) atoms. The van der Waals surface area contributed by atoms with Crippen molar-refractivity contribution in [2.24, 2.45) is 5.41 Å². The smallest absolute Gasteiger partial charge is 0.0591 e. The summed E-state index contributed by atoms with van der Waals surface area (Å²) >= 11 is 0. The second-order valence-corrected chi connectivity index (χ2v) is 4.71. The van der Waals surface area contributed by atoms with Crippen LogP contribution in [0.25, 0.3) is 0 Å². The van der Waals surface area contributed by atoms with E-state index in [0.29, 0.717) is 0 Å². The van der Waals surface area contributed by atoms with Crippen LogP contribution in [0.2, 0.25) is 0 Å². The lowest BCUT2D eigenvalue weighted by Gasteiger charge is -2.29. The number of aliphatic hydroxyl groups is 1. The second kappa shape index (κ2) is 6.42. The van der Waals surface area contributed by atoms with Crippen LogP contribution in [0.3, 0.4) is 0 Å². The fourth-order valence-corrected chi connectivity index (χ4v) is 1.39. The number of hydrogen-bond donors (Lipinski definition) is 1. The van der Waals surface area contributed by atoms with Gasteiger partial charge in [-0.25, -0.2) is 0 Å². The molecule has 1 unspecified atom stereocenters. The molecule has 1 N–H and O–H groups in total. The van der Waals surface area contributed by atoms with Crippen molar-refractivity contribution in [3.8, 4) is 0 Å². The normalized spacial score (nSPS) is 14.5. The van der Waals surface area contributed by atoms with Crippen molar-refractivity contribution < 1.29 is 5.11 Å². The fourth-order valence-electron chi connectivity index (χ4n) is 1.39. The molecular formula is C12H26O. The summed E-state index contributed by atoms with van der Waals surface area (Å²) < 4.78 is 0. The maximum Gasteiger partial charge on any atom is 0.0591 e. The van der Waals surface area contributed by atoms with Crippen molar-refractivity contribution in [2.75, 3.05) is 0 Å². The third-order valence-electron chi connectivity index (χ3n) is 3.14. The Kier molecular flexibility index (Phi) is 6.40. The van der Waals surface area contributed by atoms with Crippen molar-refractivity contribution in [3.05, 3.63) is 0 Å². The third-order valence-corrected chi connectivity index (χ3v) is 3.14. The first-order valence-electron chi connectivity index (χ1n) is 5.72. The van der Waals surface area contributed by atoms with Crippen molar-refractivity contribution in [1.82, 2.24) is 0 Å². The molecule has 0 aliphatic heterocycles. The molecular weight excluding hydrogens is 160 g/mol. The van der Waals surface area contributed by atoms with Gasteiger partial charge in [0.25, 0.3) is 0 Å². The van der Waals surface area contributed by atoms with E-state index in [1.165, 1.54) is 25.7 Å². The van der Waals surface area contributed by atoms with Crippen molar-refractivity contribution in [1.29, 1.82) is 0 Å². The van der Waals surface area contributed by atoms with Gasteiger partial charge in [0, 0.05) is 0 Å². The first-order valence-corrected chi connectivity index (χ1v) is 5.72. The molecule has 0 spiro atoms. The molecule has 0 aromatic carbocycles. The molecule has 0 aromatic rings. The lowest BCUT2D eigenvalue weighted by Crippen LogP contribution is -2.28. The lowest BCUT2D eigenvalue weighted by molar-refractivity contribution is 0.0384. The van der Waals surface area contributed by atoms with Gasteiger partial charge >= 0.3 is 0 Å². The molecule has 0 heterocycles. The molecule has 0 bridgehead atoms. The molecule has 0 aromatic heterocycles.